The predicted octanol–water partition coefficient (Wildman–Crippen LogP) is 3.82. The molecule has 3 aromatic rings. The number of fused-ring (bicyclic) bond motifs is 2. The Morgan fingerprint density at radius 3 is 2.89 bits per heavy atom. The zero-order valence-corrected chi connectivity index (χ0v) is 15.9. The summed E-state index contributed by atoms with van der Waals surface area (Å²) in [6.07, 6.45) is 7.16. The van der Waals surface area contributed by atoms with E-state index in [9.17, 15) is 9.90 Å². The van der Waals surface area contributed by atoms with Crippen molar-refractivity contribution in [1.29, 1.82) is 0 Å². The monoisotopic (exact) mass is 376 g/mol. The molecule has 0 radical (unpaired) electrons. The third-order valence-electron chi connectivity index (χ3n) is 5.73. The molecule has 0 spiro atoms. The third-order valence-corrected chi connectivity index (χ3v) is 5.73. The summed E-state index contributed by atoms with van der Waals surface area (Å²) in [4.78, 5) is 16.1. The molecule has 3 heterocycles. The highest BCUT2D eigenvalue weighted by Gasteiger charge is 2.43. The molecule has 2 aliphatic rings. The van der Waals surface area contributed by atoms with Crippen LogP contribution in [0.15, 0.2) is 49.2 Å². The van der Waals surface area contributed by atoms with E-state index in [1.807, 2.05) is 36.2 Å². The van der Waals surface area contributed by atoms with Gasteiger partial charge in [0.05, 0.1) is 5.69 Å². The largest absolute Gasteiger partial charge is 0.507 e. The first-order valence-corrected chi connectivity index (χ1v) is 9.61. The smallest absolute Gasteiger partial charge is 0.246 e. The molecule has 1 amide bonds. The number of rotatable bonds is 2. The number of aryl methyl sites for hydroxylation is 1. The molecule has 1 aromatic carbocycles. The van der Waals surface area contributed by atoms with Gasteiger partial charge in [0.25, 0.3) is 0 Å². The summed E-state index contributed by atoms with van der Waals surface area (Å²) in [5.74, 6) is 1.15. The summed E-state index contributed by atoms with van der Waals surface area (Å²) < 4.78 is 0. The molecule has 2 fully saturated rings. The number of aromatic nitrogens is 3. The highest BCUT2D eigenvalue weighted by Crippen LogP contribution is 2.38. The van der Waals surface area contributed by atoms with Crippen LogP contribution >= 0.6 is 0 Å². The summed E-state index contributed by atoms with van der Waals surface area (Å²) in [7, 11) is 0. The zero-order valence-electron chi connectivity index (χ0n) is 15.9. The van der Waals surface area contributed by atoms with E-state index in [1.54, 1.807) is 12.1 Å². The number of benzene rings is 1. The number of amides is 1. The minimum atomic E-state index is 0.119. The van der Waals surface area contributed by atoms with E-state index in [-0.39, 0.29) is 11.7 Å². The van der Waals surface area contributed by atoms with Crippen LogP contribution in [0.25, 0.3) is 22.3 Å². The van der Waals surface area contributed by atoms with Gasteiger partial charge in [-0.25, -0.2) is 0 Å². The summed E-state index contributed by atoms with van der Waals surface area (Å²) >= 11 is 0. The van der Waals surface area contributed by atoms with Crippen LogP contribution in [-0.4, -0.2) is 43.7 Å². The van der Waals surface area contributed by atoms with Crippen molar-refractivity contribution in [3.63, 3.8) is 0 Å². The van der Waals surface area contributed by atoms with E-state index in [0.717, 1.165) is 29.1 Å². The molecule has 1 aliphatic heterocycles. The summed E-state index contributed by atoms with van der Waals surface area (Å²) in [5.41, 5.74) is 3.26. The number of aromatic hydroxyl groups is 1. The number of para-hydroxylation sites is 1. The van der Waals surface area contributed by atoms with Crippen molar-refractivity contribution in [2.24, 2.45) is 5.92 Å². The quantitative estimate of drug-likeness (QED) is 0.666. The first-order valence-electron chi connectivity index (χ1n) is 9.61. The van der Waals surface area contributed by atoms with Gasteiger partial charge in [-0.05, 0) is 55.5 Å². The topological polar surface area (TPSA) is 82.1 Å². The molecule has 2 N–H and O–H groups in total. The Labute approximate surface area is 163 Å². The van der Waals surface area contributed by atoms with Crippen molar-refractivity contribution in [3.05, 3.63) is 54.7 Å². The fourth-order valence-corrected chi connectivity index (χ4v) is 4.14. The Kier molecular flexibility index (Phi) is 4.86. The van der Waals surface area contributed by atoms with Gasteiger partial charge in [0, 0.05) is 29.7 Å². The van der Waals surface area contributed by atoms with Crippen LogP contribution in [0.5, 0.6) is 5.75 Å². The summed E-state index contributed by atoms with van der Waals surface area (Å²) in [5, 5.41) is 19.0. The van der Waals surface area contributed by atoms with E-state index < -0.39 is 0 Å². The van der Waals surface area contributed by atoms with Crippen molar-refractivity contribution in [2.45, 2.75) is 32.2 Å². The number of aromatic amines is 1. The molecule has 144 valence electrons. The number of nitrogens with one attached hydrogen (secondary N) is 1. The molecule has 2 atom stereocenters. The lowest BCUT2D eigenvalue weighted by atomic mass is 9.92. The van der Waals surface area contributed by atoms with Crippen LogP contribution in [0, 0.1) is 12.8 Å². The Balaban J connectivity index is 0.000000151. The number of carbonyl (C=O) groups excluding carboxylic acids is 1. The highest BCUT2D eigenvalue weighted by atomic mass is 16.3. The Morgan fingerprint density at radius 2 is 2.14 bits per heavy atom. The van der Waals surface area contributed by atoms with Gasteiger partial charge in [-0.15, -0.1) is 10.2 Å². The Hall–Kier alpha value is -3.15. The molecule has 6 heteroatoms. The number of carbonyl (C=O) groups is 1. The first-order chi connectivity index (χ1) is 13.6. The maximum Gasteiger partial charge on any atom is 0.246 e. The average molecular weight is 376 g/mol. The lowest BCUT2D eigenvalue weighted by Gasteiger charge is -2.44. The third kappa shape index (κ3) is 3.26. The van der Waals surface area contributed by atoms with Crippen molar-refractivity contribution >= 4 is 16.9 Å². The lowest BCUT2D eigenvalue weighted by molar-refractivity contribution is -0.136. The minimum absolute atomic E-state index is 0.119. The molecule has 5 rings (SSSR count). The van der Waals surface area contributed by atoms with Gasteiger partial charge in [-0.2, -0.15) is 0 Å². The number of nitrogens with zero attached hydrogens (tertiary/aromatic N) is 3. The van der Waals surface area contributed by atoms with Gasteiger partial charge in [0.1, 0.15) is 5.75 Å². The van der Waals surface area contributed by atoms with Crippen LogP contribution in [-0.2, 0) is 4.79 Å². The SMILES string of the molecule is C=CC(=O)N1C[C@@H]2CCCC21.Cc1c[nH]c2nnc(-c3ccccc3O)cc12. The van der Waals surface area contributed by atoms with E-state index in [0.29, 0.717) is 17.3 Å². The standard InChI is InChI=1S/C13H11N3O.C9H13NO/c1-8-7-14-13-10(8)6-11(15-16-13)9-4-2-3-5-12(9)17;1-2-9(11)10-6-7-4-3-5-8(7)10/h2-7,17H,1H3,(H,14,16);2,7-8H,1,3-6H2/t;7-,8?/m.0/s1. The van der Waals surface area contributed by atoms with Gasteiger partial charge in [-0.3, -0.25) is 4.79 Å². The molecular formula is C22H24N4O2. The number of likely N-dealkylation sites (tertiary alicyclic amines) is 1. The second kappa shape index (κ2) is 7.46. The Morgan fingerprint density at radius 1 is 1.32 bits per heavy atom. The van der Waals surface area contributed by atoms with E-state index in [4.69, 9.17) is 0 Å². The van der Waals surface area contributed by atoms with E-state index in [1.165, 1.54) is 25.3 Å². The molecule has 2 aromatic heterocycles. The fraction of sp³-hybridized carbons (Fsp3) is 0.318. The van der Waals surface area contributed by atoms with Crippen LogP contribution in [0.4, 0.5) is 0 Å². The van der Waals surface area contributed by atoms with Gasteiger partial charge < -0.3 is 15.0 Å². The predicted molar refractivity (Wildman–Crippen MR) is 109 cm³/mol. The number of hydrogen-bond donors (Lipinski definition) is 2. The van der Waals surface area contributed by atoms with Crippen LogP contribution in [0.1, 0.15) is 24.8 Å². The molecule has 1 saturated heterocycles. The number of phenols is 1. The number of H-pyrrole nitrogens is 1. The zero-order chi connectivity index (χ0) is 19.7. The molecule has 6 nitrogen and oxygen atoms in total. The first kappa shape index (κ1) is 18.2. The molecule has 1 aliphatic carbocycles. The molecule has 1 unspecified atom stereocenters. The fourth-order valence-electron chi connectivity index (χ4n) is 4.14. The summed E-state index contributed by atoms with van der Waals surface area (Å²) in [6.45, 7) is 6.48. The van der Waals surface area contributed by atoms with Crippen molar-refractivity contribution in [2.75, 3.05) is 6.54 Å². The maximum atomic E-state index is 11.1. The highest BCUT2D eigenvalue weighted by molar-refractivity contribution is 5.88. The van der Waals surface area contributed by atoms with Gasteiger partial charge in [-0.1, -0.05) is 25.1 Å². The van der Waals surface area contributed by atoms with Crippen molar-refractivity contribution in [1.82, 2.24) is 20.1 Å². The second-order valence-corrected chi connectivity index (χ2v) is 7.43. The Bertz CT molecular complexity index is 1030. The minimum Gasteiger partial charge on any atom is -0.507 e. The van der Waals surface area contributed by atoms with Gasteiger partial charge >= 0.3 is 0 Å². The average Bonchev–Trinajstić information content (AvgIpc) is 3.25. The van der Waals surface area contributed by atoms with Gasteiger partial charge in [0.15, 0.2) is 5.65 Å². The maximum absolute atomic E-state index is 11.1. The van der Waals surface area contributed by atoms with Gasteiger partial charge in [0.2, 0.25) is 5.91 Å². The summed E-state index contributed by atoms with van der Waals surface area (Å²) in [6, 6.07) is 9.62. The molecule has 1 saturated carbocycles. The second-order valence-electron chi connectivity index (χ2n) is 7.43. The van der Waals surface area contributed by atoms with Crippen LogP contribution < -0.4 is 0 Å². The van der Waals surface area contributed by atoms with Crippen LogP contribution in [0.3, 0.4) is 0 Å². The van der Waals surface area contributed by atoms with E-state index in [2.05, 4.69) is 21.8 Å². The van der Waals surface area contributed by atoms with Crippen molar-refractivity contribution in [3.8, 4) is 17.0 Å². The lowest BCUT2D eigenvalue weighted by Crippen LogP contribution is -2.55. The van der Waals surface area contributed by atoms with Crippen LogP contribution in [0.2, 0.25) is 0 Å². The number of phenolic OH excluding ortho intramolecular Hbond substituents is 1. The molecular weight excluding hydrogens is 352 g/mol. The molecule has 0 bridgehead atoms. The van der Waals surface area contributed by atoms with Crippen molar-refractivity contribution < 1.29 is 9.90 Å². The number of hydrogen-bond acceptors (Lipinski definition) is 4. The van der Waals surface area contributed by atoms with E-state index >= 15 is 0 Å². The normalized spacial score (nSPS) is 20.1. The molecule has 28 heavy (non-hydrogen) atoms.